The van der Waals surface area contributed by atoms with Crippen molar-refractivity contribution in [3.8, 4) is 28.7 Å². The van der Waals surface area contributed by atoms with Crippen molar-refractivity contribution in [1.82, 2.24) is 19.9 Å². The van der Waals surface area contributed by atoms with Gasteiger partial charge in [-0.05, 0) is 61.7 Å². The second-order valence-electron chi connectivity index (χ2n) is 7.67. The fraction of sp³-hybridized carbons (Fsp3) is 0.120. The first kappa shape index (κ1) is 18.9. The van der Waals surface area contributed by atoms with E-state index in [2.05, 4.69) is 22.2 Å². The van der Waals surface area contributed by atoms with E-state index in [0.29, 0.717) is 28.0 Å². The second-order valence-corrected chi connectivity index (χ2v) is 7.67. The van der Waals surface area contributed by atoms with Crippen LogP contribution in [0, 0.1) is 20.8 Å². The third-order valence-corrected chi connectivity index (χ3v) is 5.44. The number of hydrogen-bond acceptors (Lipinski definition) is 5. The summed E-state index contributed by atoms with van der Waals surface area (Å²) in [5, 5.41) is 10.0. The molecule has 2 heterocycles. The summed E-state index contributed by atoms with van der Waals surface area (Å²) in [6.45, 7) is 6.09. The molecule has 0 saturated carbocycles. The van der Waals surface area contributed by atoms with Gasteiger partial charge in [0.15, 0.2) is 5.69 Å². The third kappa shape index (κ3) is 3.32. The van der Waals surface area contributed by atoms with E-state index in [4.69, 9.17) is 4.52 Å². The SMILES string of the molecule is Cc1cccc(-n2nc(-c3nc(-c4ccc(C)c(C)c4)no3)c3ccccc3c2=O)c1. The van der Waals surface area contributed by atoms with Crippen LogP contribution < -0.4 is 5.56 Å². The van der Waals surface area contributed by atoms with E-state index in [1.165, 1.54) is 10.2 Å². The zero-order chi connectivity index (χ0) is 21.5. The van der Waals surface area contributed by atoms with Crippen molar-refractivity contribution in [1.29, 1.82) is 0 Å². The summed E-state index contributed by atoms with van der Waals surface area (Å²) in [6.07, 6.45) is 0. The highest BCUT2D eigenvalue weighted by Crippen LogP contribution is 2.27. The summed E-state index contributed by atoms with van der Waals surface area (Å²) >= 11 is 0. The predicted molar refractivity (Wildman–Crippen MR) is 120 cm³/mol. The van der Waals surface area contributed by atoms with Gasteiger partial charge in [-0.25, -0.2) is 0 Å². The molecule has 152 valence electrons. The Morgan fingerprint density at radius 1 is 0.839 bits per heavy atom. The van der Waals surface area contributed by atoms with Crippen LogP contribution in [0.5, 0.6) is 0 Å². The zero-order valence-corrected chi connectivity index (χ0v) is 17.5. The van der Waals surface area contributed by atoms with E-state index in [9.17, 15) is 4.79 Å². The fourth-order valence-electron chi connectivity index (χ4n) is 3.60. The molecule has 31 heavy (non-hydrogen) atoms. The molecular formula is C25H20N4O2. The molecule has 0 aliphatic heterocycles. The lowest BCUT2D eigenvalue weighted by atomic mass is 10.1. The summed E-state index contributed by atoms with van der Waals surface area (Å²) < 4.78 is 6.99. The molecule has 0 aliphatic rings. The Balaban J connectivity index is 1.72. The monoisotopic (exact) mass is 408 g/mol. The molecule has 0 spiro atoms. The Labute approximate surface area is 178 Å². The number of benzene rings is 3. The van der Waals surface area contributed by atoms with Gasteiger partial charge in [-0.2, -0.15) is 14.8 Å². The highest BCUT2D eigenvalue weighted by Gasteiger charge is 2.19. The maximum Gasteiger partial charge on any atom is 0.279 e. The summed E-state index contributed by atoms with van der Waals surface area (Å²) in [4.78, 5) is 17.8. The van der Waals surface area contributed by atoms with E-state index in [1.54, 1.807) is 6.07 Å². The van der Waals surface area contributed by atoms with Gasteiger partial charge >= 0.3 is 0 Å². The van der Waals surface area contributed by atoms with Crippen LogP contribution in [0.3, 0.4) is 0 Å². The van der Waals surface area contributed by atoms with Crippen molar-refractivity contribution in [2.24, 2.45) is 0 Å². The van der Waals surface area contributed by atoms with Crippen LogP contribution in [-0.4, -0.2) is 19.9 Å². The van der Waals surface area contributed by atoms with E-state index >= 15 is 0 Å². The van der Waals surface area contributed by atoms with Crippen molar-refractivity contribution < 1.29 is 4.52 Å². The third-order valence-electron chi connectivity index (χ3n) is 5.44. The zero-order valence-electron chi connectivity index (χ0n) is 17.5. The van der Waals surface area contributed by atoms with Gasteiger partial charge < -0.3 is 4.52 Å². The van der Waals surface area contributed by atoms with Crippen LogP contribution in [0.15, 0.2) is 76.0 Å². The lowest BCUT2D eigenvalue weighted by molar-refractivity contribution is 0.430. The van der Waals surface area contributed by atoms with Gasteiger partial charge in [0, 0.05) is 10.9 Å². The van der Waals surface area contributed by atoms with Gasteiger partial charge in [-0.1, -0.05) is 47.6 Å². The molecule has 5 aromatic rings. The van der Waals surface area contributed by atoms with Crippen molar-refractivity contribution in [3.63, 3.8) is 0 Å². The Bertz CT molecular complexity index is 1500. The Hall–Kier alpha value is -4.06. The smallest absolute Gasteiger partial charge is 0.279 e. The van der Waals surface area contributed by atoms with Gasteiger partial charge in [0.2, 0.25) is 5.82 Å². The summed E-state index contributed by atoms with van der Waals surface area (Å²) in [7, 11) is 0. The number of hydrogen-bond donors (Lipinski definition) is 0. The molecule has 2 aromatic heterocycles. The molecule has 6 nitrogen and oxygen atoms in total. The van der Waals surface area contributed by atoms with Crippen LogP contribution in [0.2, 0.25) is 0 Å². The standard InChI is InChI=1S/C25H20N4O2/c1-15-7-6-8-19(13-15)29-25(30)21-10-5-4-9-20(21)22(27-29)24-26-23(28-31-24)18-12-11-16(2)17(3)14-18/h4-14H,1-3H3. The maximum atomic E-state index is 13.2. The summed E-state index contributed by atoms with van der Waals surface area (Å²) in [5.74, 6) is 0.753. The van der Waals surface area contributed by atoms with Crippen molar-refractivity contribution in [3.05, 3.63) is 93.8 Å². The van der Waals surface area contributed by atoms with Gasteiger partial charge in [-0.3, -0.25) is 4.79 Å². The first-order valence-corrected chi connectivity index (χ1v) is 10.0. The molecule has 3 aromatic carbocycles. The summed E-state index contributed by atoms with van der Waals surface area (Å²) in [6, 6.07) is 21.0. The lowest BCUT2D eigenvalue weighted by Gasteiger charge is -2.09. The molecule has 0 unspecified atom stereocenters. The first-order chi connectivity index (χ1) is 15.0. The van der Waals surface area contributed by atoms with Crippen LogP contribution in [0.4, 0.5) is 0 Å². The predicted octanol–water partition coefficient (Wildman–Crippen LogP) is 5.03. The number of aryl methyl sites for hydroxylation is 3. The molecule has 0 bridgehead atoms. The molecule has 5 rings (SSSR count). The Kier molecular flexibility index (Phi) is 4.47. The minimum absolute atomic E-state index is 0.196. The quantitative estimate of drug-likeness (QED) is 0.419. The fourth-order valence-corrected chi connectivity index (χ4v) is 3.60. The molecule has 0 amide bonds. The minimum Gasteiger partial charge on any atom is -0.332 e. The normalized spacial score (nSPS) is 11.2. The number of aromatic nitrogens is 4. The largest absolute Gasteiger partial charge is 0.332 e. The lowest BCUT2D eigenvalue weighted by Crippen LogP contribution is -2.22. The molecular weight excluding hydrogens is 388 g/mol. The average Bonchev–Trinajstić information content (AvgIpc) is 3.26. The summed E-state index contributed by atoms with van der Waals surface area (Å²) in [5.41, 5.74) is 5.22. The molecule has 0 aliphatic carbocycles. The van der Waals surface area contributed by atoms with E-state index in [0.717, 1.165) is 16.7 Å². The highest BCUT2D eigenvalue weighted by atomic mass is 16.5. The van der Waals surface area contributed by atoms with Crippen molar-refractivity contribution in [2.75, 3.05) is 0 Å². The molecule has 6 heteroatoms. The molecule has 0 radical (unpaired) electrons. The highest BCUT2D eigenvalue weighted by molar-refractivity contribution is 5.92. The van der Waals surface area contributed by atoms with Crippen molar-refractivity contribution in [2.45, 2.75) is 20.8 Å². The van der Waals surface area contributed by atoms with E-state index in [1.807, 2.05) is 74.5 Å². The maximum absolute atomic E-state index is 13.2. The molecule has 0 N–H and O–H groups in total. The number of nitrogens with zero attached hydrogens (tertiary/aromatic N) is 4. The van der Waals surface area contributed by atoms with Crippen LogP contribution in [-0.2, 0) is 0 Å². The van der Waals surface area contributed by atoms with E-state index < -0.39 is 0 Å². The molecule has 0 atom stereocenters. The average molecular weight is 408 g/mol. The second kappa shape index (κ2) is 7.32. The Morgan fingerprint density at radius 3 is 2.42 bits per heavy atom. The number of fused-ring (bicyclic) bond motifs is 1. The van der Waals surface area contributed by atoms with Gasteiger partial charge in [0.1, 0.15) is 0 Å². The molecule has 0 fully saturated rings. The van der Waals surface area contributed by atoms with Gasteiger partial charge in [0.05, 0.1) is 11.1 Å². The van der Waals surface area contributed by atoms with Gasteiger partial charge in [-0.15, -0.1) is 0 Å². The van der Waals surface area contributed by atoms with Crippen LogP contribution in [0.25, 0.3) is 39.4 Å². The Morgan fingerprint density at radius 2 is 1.65 bits per heavy atom. The topological polar surface area (TPSA) is 73.8 Å². The minimum atomic E-state index is -0.196. The van der Waals surface area contributed by atoms with Crippen molar-refractivity contribution >= 4 is 10.8 Å². The van der Waals surface area contributed by atoms with E-state index in [-0.39, 0.29) is 11.4 Å². The van der Waals surface area contributed by atoms with Gasteiger partial charge in [0.25, 0.3) is 11.4 Å². The van der Waals surface area contributed by atoms with Crippen LogP contribution >= 0.6 is 0 Å². The first-order valence-electron chi connectivity index (χ1n) is 10.0. The number of rotatable bonds is 3. The van der Waals surface area contributed by atoms with Crippen LogP contribution in [0.1, 0.15) is 16.7 Å². The molecule has 0 saturated heterocycles.